The smallest absolute Gasteiger partial charge is 0.251 e. The van der Waals surface area contributed by atoms with Gasteiger partial charge < -0.3 is 10.6 Å². The second-order valence-electron chi connectivity index (χ2n) is 7.20. The highest BCUT2D eigenvalue weighted by molar-refractivity contribution is 8.00. The van der Waals surface area contributed by atoms with Crippen LogP contribution in [0.3, 0.4) is 0 Å². The third-order valence-corrected chi connectivity index (χ3v) is 6.38. The molecule has 0 fully saturated rings. The van der Waals surface area contributed by atoms with E-state index in [1.54, 1.807) is 12.1 Å². The molecule has 0 atom stereocenters. The van der Waals surface area contributed by atoms with Crippen molar-refractivity contribution in [3.63, 3.8) is 0 Å². The van der Waals surface area contributed by atoms with Crippen molar-refractivity contribution in [2.45, 2.75) is 30.7 Å². The number of benzene rings is 2. The topological polar surface area (TPSA) is 76.0 Å². The minimum absolute atomic E-state index is 0.0397. The number of aromatic nitrogens is 2. The molecule has 0 unspecified atom stereocenters. The van der Waals surface area contributed by atoms with E-state index < -0.39 is 0 Å². The summed E-state index contributed by atoms with van der Waals surface area (Å²) in [6.45, 7) is 0.388. The van der Waals surface area contributed by atoms with Crippen LogP contribution in [0.15, 0.2) is 53.4 Å². The highest BCUT2D eigenvalue weighted by Crippen LogP contribution is 2.32. The van der Waals surface area contributed by atoms with Crippen LogP contribution in [0.5, 0.6) is 0 Å². The number of amides is 2. The van der Waals surface area contributed by atoms with Gasteiger partial charge >= 0.3 is 0 Å². The first-order valence-corrected chi connectivity index (χ1v) is 10.7. The minimum Gasteiger partial charge on any atom is -0.346 e. The molecule has 2 N–H and O–H groups in total. The lowest BCUT2D eigenvalue weighted by Gasteiger charge is -2.16. The zero-order valence-electron chi connectivity index (χ0n) is 15.8. The second kappa shape index (κ2) is 7.40. The fraction of sp³-hybridized carbons (Fsp3) is 0.227. The average Bonchev–Trinajstić information content (AvgIpc) is 3.35. The molecular weight excluding hydrogens is 384 g/mol. The molecule has 1 aliphatic carbocycles. The van der Waals surface area contributed by atoms with E-state index >= 15 is 0 Å². The Balaban J connectivity index is 1.35. The second-order valence-corrected chi connectivity index (χ2v) is 8.22. The van der Waals surface area contributed by atoms with E-state index in [4.69, 9.17) is 5.10 Å². The van der Waals surface area contributed by atoms with Crippen LogP contribution in [0, 0.1) is 0 Å². The first-order chi connectivity index (χ1) is 14.2. The fourth-order valence-corrected chi connectivity index (χ4v) is 4.72. The third-order valence-electron chi connectivity index (χ3n) is 5.31. The van der Waals surface area contributed by atoms with Gasteiger partial charge in [0.15, 0.2) is 0 Å². The molecule has 2 aromatic carbocycles. The van der Waals surface area contributed by atoms with Gasteiger partial charge in [0.25, 0.3) is 5.91 Å². The molecule has 1 aromatic heterocycles. The Labute approximate surface area is 172 Å². The maximum atomic E-state index is 12.7. The van der Waals surface area contributed by atoms with E-state index in [0.717, 1.165) is 35.5 Å². The molecule has 6 nitrogen and oxygen atoms in total. The highest BCUT2D eigenvalue weighted by Gasteiger charge is 2.23. The van der Waals surface area contributed by atoms with Crippen LogP contribution in [-0.2, 0) is 24.2 Å². The van der Waals surface area contributed by atoms with Gasteiger partial charge in [-0.1, -0.05) is 18.2 Å². The number of nitrogens with one attached hydrogen (secondary N) is 2. The summed E-state index contributed by atoms with van der Waals surface area (Å²) in [5, 5.41) is 10.6. The van der Waals surface area contributed by atoms with Gasteiger partial charge in [0.05, 0.1) is 29.4 Å². The SMILES string of the molecule is O=C1CSc2ccc(C(=O)NCc3nn(-c4ccccc4)c4c3CCC4)cc2N1. The Hall–Kier alpha value is -3.06. The summed E-state index contributed by atoms with van der Waals surface area (Å²) in [4.78, 5) is 25.3. The zero-order valence-corrected chi connectivity index (χ0v) is 16.6. The number of carbonyl (C=O) groups excluding carboxylic acids is 2. The normalized spacial score (nSPS) is 14.8. The molecule has 7 heteroatoms. The lowest BCUT2D eigenvalue weighted by Crippen LogP contribution is -2.24. The maximum absolute atomic E-state index is 12.7. The number of hydrogen-bond donors (Lipinski definition) is 2. The molecule has 29 heavy (non-hydrogen) atoms. The maximum Gasteiger partial charge on any atom is 0.251 e. The first-order valence-electron chi connectivity index (χ1n) is 9.69. The molecule has 2 heterocycles. The standard InChI is InChI=1S/C22H20N4O2S/c27-21-13-29-20-10-9-14(11-17(20)24-21)22(28)23-12-18-16-7-4-8-19(16)26(25-18)15-5-2-1-3-6-15/h1-3,5-6,9-11H,4,7-8,12-13H2,(H,23,28)(H,24,27). The summed E-state index contributed by atoms with van der Waals surface area (Å²) in [5.74, 6) is 0.203. The van der Waals surface area contributed by atoms with Crippen LogP contribution in [0.1, 0.15) is 33.7 Å². The predicted molar refractivity (Wildman–Crippen MR) is 113 cm³/mol. The van der Waals surface area contributed by atoms with Gasteiger partial charge in [0, 0.05) is 16.2 Å². The predicted octanol–water partition coefficient (Wildman–Crippen LogP) is 3.34. The molecule has 5 rings (SSSR count). The molecule has 2 aliphatic rings. The van der Waals surface area contributed by atoms with Crippen LogP contribution >= 0.6 is 11.8 Å². The van der Waals surface area contributed by atoms with E-state index in [9.17, 15) is 9.59 Å². The van der Waals surface area contributed by atoms with Gasteiger partial charge in [0.1, 0.15) is 0 Å². The lowest BCUT2D eigenvalue weighted by atomic mass is 10.1. The number of nitrogens with zero attached hydrogens (tertiary/aromatic N) is 2. The van der Waals surface area contributed by atoms with Gasteiger partial charge in [-0.15, -0.1) is 11.8 Å². The monoisotopic (exact) mass is 404 g/mol. The van der Waals surface area contributed by atoms with Gasteiger partial charge in [-0.05, 0) is 55.2 Å². The van der Waals surface area contributed by atoms with Crippen LogP contribution in [0.25, 0.3) is 5.69 Å². The number of fused-ring (bicyclic) bond motifs is 2. The van der Waals surface area contributed by atoms with Gasteiger partial charge in [-0.2, -0.15) is 5.10 Å². The lowest BCUT2D eigenvalue weighted by molar-refractivity contribution is -0.113. The Morgan fingerprint density at radius 2 is 2.03 bits per heavy atom. The van der Waals surface area contributed by atoms with E-state index in [2.05, 4.69) is 10.6 Å². The van der Waals surface area contributed by atoms with Crippen molar-refractivity contribution in [3.8, 4) is 5.69 Å². The highest BCUT2D eigenvalue weighted by atomic mass is 32.2. The number of rotatable bonds is 4. The van der Waals surface area contributed by atoms with E-state index in [1.807, 2.05) is 41.1 Å². The van der Waals surface area contributed by atoms with Crippen molar-refractivity contribution in [3.05, 3.63) is 71.0 Å². The zero-order chi connectivity index (χ0) is 19.8. The molecule has 0 spiro atoms. The molecule has 3 aromatic rings. The average molecular weight is 404 g/mol. The Kier molecular flexibility index (Phi) is 4.60. The van der Waals surface area contributed by atoms with Gasteiger partial charge in [0.2, 0.25) is 5.91 Å². The van der Waals surface area contributed by atoms with Crippen molar-refractivity contribution < 1.29 is 9.59 Å². The molecule has 0 saturated heterocycles. The number of thioether (sulfide) groups is 1. The molecular formula is C22H20N4O2S. The van der Waals surface area contributed by atoms with Crippen LogP contribution in [0.2, 0.25) is 0 Å². The summed E-state index contributed by atoms with van der Waals surface area (Å²) >= 11 is 1.49. The molecule has 146 valence electrons. The summed E-state index contributed by atoms with van der Waals surface area (Å²) in [6.07, 6.45) is 3.12. The summed E-state index contributed by atoms with van der Waals surface area (Å²) in [6, 6.07) is 15.5. The Morgan fingerprint density at radius 1 is 1.17 bits per heavy atom. The van der Waals surface area contributed by atoms with Crippen LogP contribution in [0.4, 0.5) is 5.69 Å². The molecule has 0 saturated carbocycles. The largest absolute Gasteiger partial charge is 0.346 e. The van der Waals surface area contributed by atoms with Crippen LogP contribution < -0.4 is 10.6 Å². The molecule has 1 aliphatic heterocycles. The van der Waals surface area contributed by atoms with Crippen LogP contribution in [-0.4, -0.2) is 27.3 Å². The molecule has 0 bridgehead atoms. The molecule has 0 radical (unpaired) electrons. The quantitative estimate of drug-likeness (QED) is 0.699. The fourth-order valence-electron chi connectivity index (χ4n) is 3.93. The summed E-state index contributed by atoms with van der Waals surface area (Å²) in [5.41, 5.74) is 5.71. The van der Waals surface area contributed by atoms with E-state index in [-0.39, 0.29) is 11.8 Å². The summed E-state index contributed by atoms with van der Waals surface area (Å²) in [7, 11) is 0. The van der Waals surface area contributed by atoms with Crippen molar-refractivity contribution >= 4 is 29.3 Å². The Bertz CT molecular complexity index is 1110. The van der Waals surface area contributed by atoms with Crippen molar-refractivity contribution in [1.29, 1.82) is 0 Å². The minimum atomic E-state index is -0.168. The third kappa shape index (κ3) is 3.42. The molecule has 2 amide bonds. The van der Waals surface area contributed by atoms with Gasteiger partial charge in [-0.25, -0.2) is 4.68 Å². The van der Waals surface area contributed by atoms with Crippen molar-refractivity contribution in [1.82, 2.24) is 15.1 Å². The number of hydrogen-bond acceptors (Lipinski definition) is 4. The van der Waals surface area contributed by atoms with E-state index in [0.29, 0.717) is 23.5 Å². The summed E-state index contributed by atoms with van der Waals surface area (Å²) < 4.78 is 2.01. The first kappa shape index (κ1) is 18.0. The number of carbonyl (C=O) groups is 2. The van der Waals surface area contributed by atoms with Crippen molar-refractivity contribution in [2.24, 2.45) is 0 Å². The Morgan fingerprint density at radius 3 is 2.90 bits per heavy atom. The number of anilines is 1. The van der Waals surface area contributed by atoms with Gasteiger partial charge in [-0.3, -0.25) is 9.59 Å². The van der Waals surface area contributed by atoms with E-state index in [1.165, 1.54) is 23.0 Å². The number of para-hydroxylation sites is 1. The van der Waals surface area contributed by atoms with Crippen molar-refractivity contribution in [2.75, 3.05) is 11.1 Å².